The topological polar surface area (TPSA) is 75.6 Å². The van der Waals surface area contributed by atoms with Crippen molar-refractivity contribution >= 4 is 11.9 Å². The summed E-state index contributed by atoms with van der Waals surface area (Å²) in [6.07, 6.45) is -6.35. The van der Waals surface area contributed by atoms with Gasteiger partial charge in [0.15, 0.2) is 0 Å². The van der Waals surface area contributed by atoms with E-state index in [9.17, 15) is 27.2 Å². The smallest absolute Gasteiger partial charge is 0.391 e. The minimum Gasteiger partial charge on any atom is -0.494 e. The normalized spacial score (nSPS) is 12.5. The molecule has 128 valence electrons. The number of hydrogen-bond donors (Lipinski definition) is 2. The standard InChI is InChI=1S/C14H15F4NO4/c15-9-3-5-10(6-4-9)23-7-1-2-12(20)19-11(13(21)22)8-14(16,17)18/h3-6,11H,1-2,7-8H2,(H,19,20)(H,21,22). The van der Waals surface area contributed by atoms with E-state index in [0.29, 0.717) is 5.75 Å². The number of ether oxygens (including phenoxy) is 1. The lowest BCUT2D eigenvalue weighted by atomic mass is 10.2. The van der Waals surface area contributed by atoms with Crippen LogP contribution in [0.1, 0.15) is 19.3 Å². The van der Waals surface area contributed by atoms with Crippen LogP contribution in [0.4, 0.5) is 17.6 Å². The first kappa shape index (κ1) is 18.7. The molecule has 0 spiro atoms. The van der Waals surface area contributed by atoms with Gasteiger partial charge in [-0.15, -0.1) is 0 Å². The maximum absolute atomic E-state index is 12.6. The molecule has 0 radical (unpaired) electrons. The number of carboxylic acids is 1. The highest BCUT2D eigenvalue weighted by Crippen LogP contribution is 2.21. The zero-order chi connectivity index (χ0) is 17.5. The molecule has 0 heterocycles. The number of carbonyl (C=O) groups is 2. The Hall–Kier alpha value is -2.32. The number of rotatable bonds is 8. The quantitative estimate of drug-likeness (QED) is 0.565. The summed E-state index contributed by atoms with van der Waals surface area (Å²) in [4.78, 5) is 22.1. The van der Waals surface area contributed by atoms with Crippen LogP contribution in [0.15, 0.2) is 24.3 Å². The SMILES string of the molecule is O=C(CCCOc1ccc(F)cc1)NC(CC(F)(F)F)C(=O)O. The summed E-state index contributed by atoms with van der Waals surface area (Å²) in [7, 11) is 0. The Balaban J connectivity index is 2.32. The third-order valence-corrected chi connectivity index (χ3v) is 2.70. The second-order valence-electron chi connectivity index (χ2n) is 4.68. The fourth-order valence-corrected chi connectivity index (χ4v) is 1.65. The summed E-state index contributed by atoms with van der Waals surface area (Å²) in [5.41, 5.74) is 0. The van der Waals surface area contributed by atoms with Crippen LogP contribution < -0.4 is 10.1 Å². The Bertz CT molecular complexity index is 531. The maximum Gasteiger partial charge on any atom is 0.391 e. The molecule has 0 saturated heterocycles. The minimum atomic E-state index is -4.69. The number of hydrogen-bond acceptors (Lipinski definition) is 3. The molecule has 9 heteroatoms. The molecule has 1 aromatic rings. The summed E-state index contributed by atoms with van der Waals surface area (Å²) in [6.45, 7) is 0.0794. The molecule has 2 N–H and O–H groups in total. The molecule has 1 unspecified atom stereocenters. The molecule has 0 aliphatic rings. The Kier molecular flexibility index (Phi) is 6.80. The highest BCUT2D eigenvalue weighted by atomic mass is 19.4. The number of carbonyl (C=O) groups excluding carboxylic acids is 1. The lowest BCUT2D eigenvalue weighted by molar-refractivity contribution is -0.160. The molecule has 0 aliphatic carbocycles. The summed E-state index contributed by atoms with van der Waals surface area (Å²) < 4.78 is 54.4. The fourth-order valence-electron chi connectivity index (χ4n) is 1.65. The Morgan fingerprint density at radius 2 is 1.83 bits per heavy atom. The van der Waals surface area contributed by atoms with Gasteiger partial charge >= 0.3 is 12.1 Å². The van der Waals surface area contributed by atoms with Gasteiger partial charge < -0.3 is 15.2 Å². The number of nitrogens with one attached hydrogen (secondary N) is 1. The fraction of sp³-hybridized carbons (Fsp3) is 0.429. The van der Waals surface area contributed by atoms with Gasteiger partial charge in [0, 0.05) is 6.42 Å². The van der Waals surface area contributed by atoms with Crippen molar-refractivity contribution in [3.8, 4) is 5.75 Å². The maximum atomic E-state index is 12.6. The zero-order valence-electron chi connectivity index (χ0n) is 11.9. The van der Waals surface area contributed by atoms with Crippen LogP contribution in [0.3, 0.4) is 0 Å². The van der Waals surface area contributed by atoms with Crippen molar-refractivity contribution in [3.05, 3.63) is 30.1 Å². The number of alkyl halides is 3. The van der Waals surface area contributed by atoms with Gasteiger partial charge in [-0.25, -0.2) is 9.18 Å². The monoisotopic (exact) mass is 337 g/mol. The van der Waals surface area contributed by atoms with Crippen molar-refractivity contribution in [3.63, 3.8) is 0 Å². The van der Waals surface area contributed by atoms with Gasteiger partial charge in [-0.1, -0.05) is 0 Å². The highest BCUT2D eigenvalue weighted by Gasteiger charge is 2.36. The lowest BCUT2D eigenvalue weighted by Crippen LogP contribution is -2.43. The van der Waals surface area contributed by atoms with Crippen molar-refractivity contribution in [1.29, 1.82) is 0 Å². The Morgan fingerprint density at radius 3 is 2.35 bits per heavy atom. The Labute approximate surface area is 129 Å². The van der Waals surface area contributed by atoms with Gasteiger partial charge in [-0.3, -0.25) is 4.79 Å². The van der Waals surface area contributed by atoms with E-state index in [1.807, 2.05) is 5.32 Å². The van der Waals surface area contributed by atoms with Crippen LogP contribution in [-0.4, -0.2) is 35.8 Å². The van der Waals surface area contributed by atoms with Crippen LogP contribution in [0, 0.1) is 5.82 Å². The van der Waals surface area contributed by atoms with Gasteiger partial charge in [-0.05, 0) is 30.7 Å². The van der Waals surface area contributed by atoms with Crippen molar-refractivity contribution in [2.24, 2.45) is 0 Å². The third-order valence-electron chi connectivity index (χ3n) is 2.70. The van der Waals surface area contributed by atoms with Crippen LogP contribution in [-0.2, 0) is 9.59 Å². The van der Waals surface area contributed by atoms with E-state index in [1.165, 1.54) is 24.3 Å². The van der Waals surface area contributed by atoms with Gasteiger partial charge in [0.25, 0.3) is 0 Å². The number of benzene rings is 1. The molecule has 1 atom stereocenters. The van der Waals surface area contributed by atoms with Crippen molar-refractivity contribution in [2.75, 3.05) is 6.61 Å². The van der Waals surface area contributed by atoms with Gasteiger partial charge in [0.2, 0.25) is 5.91 Å². The lowest BCUT2D eigenvalue weighted by Gasteiger charge is -2.16. The largest absolute Gasteiger partial charge is 0.494 e. The van der Waals surface area contributed by atoms with Crippen molar-refractivity contribution in [1.82, 2.24) is 5.32 Å². The number of halogens is 4. The molecule has 0 aliphatic heterocycles. The van der Waals surface area contributed by atoms with Crippen molar-refractivity contribution < 1.29 is 37.0 Å². The molecule has 0 saturated carbocycles. The molecule has 1 aromatic carbocycles. The molecule has 0 bridgehead atoms. The van der Waals surface area contributed by atoms with E-state index in [-0.39, 0.29) is 19.4 Å². The van der Waals surface area contributed by atoms with Crippen LogP contribution >= 0.6 is 0 Å². The van der Waals surface area contributed by atoms with E-state index in [0.717, 1.165) is 0 Å². The molecule has 23 heavy (non-hydrogen) atoms. The molecule has 0 fully saturated rings. The van der Waals surface area contributed by atoms with Crippen LogP contribution in [0.5, 0.6) is 5.75 Å². The van der Waals surface area contributed by atoms with Crippen molar-refractivity contribution in [2.45, 2.75) is 31.5 Å². The van der Waals surface area contributed by atoms with Gasteiger partial charge in [-0.2, -0.15) is 13.2 Å². The molecule has 5 nitrogen and oxygen atoms in total. The first-order chi connectivity index (χ1) is 10.7. The second kappa shape index (κ2) is 8.35. The first-order valence-electron chi connectivity index (χ1n) is 6.64. The molecule has 1 amide bonds. The first-order valence-corrected chi connectivity index (χ1v) is 6.64. The van der Waals surface area contributed by atoms with E-state index >= 15 is 0 Å². The zero-order valence-corrected chi connectivity index (χ0v) is 11.9. The predicted octanol–water partition coefficient (Wildman–Crippen LogP) is 2.51. The average molecular weight is 337 g/mol. The van der Waals surface area contributed by atoms with E-state index in [2.05, 4.69) is 0 Å². The number of carboxylic acid groups (broad SMARTS) is 1. The van der Waals surface area contributed by atoms with Gasteiger partial charge in [0.1, 0.15) is 17.6 Å². The summed E-state index contributed by atoms with van der Waals surface area (Å²) in [5.74, 6) is -2.61. The minimum absolute atomic E-state index is 0.0794. The predicted molar refractivity (Wildman–Crippen MR) is 71.4 cm³/mol. The molecule has 0 aromatic heterocycles. The van der Waals surface area contributed by atoms with Crippen LogP contribution in [0.25, 0.3) is 0 Å². The second-order valence-corrected chi connectivity index (χ2v) is 4.68. The summed E-state index contributed by atoms with van der Waals surface area (Å²) >= 11 is 0. The number of aliphatic carboxylic acids is 1. The molecular formula is C14H15F4NO4. The molecular weight excluding hydrogens is 322 g/mol. The number of amides is 1. The van der Waals surface area contributed by atoms with E-state index in [4.69, 9.17) is 9.84 Å². The summed E-state index contributed by atoms with van der Waals surface area (Å²) in [6, 6.07) is 3.14. The van der Waals surface area contributed by atoms with E-state index in [1.54, 1.807) is 0 Å². The average Bonchev–Trinajstić information content (AvgIpc) is 2.43. The molecule has 1 rings (SSSR count). The van der Waals surface area contributed by atoms with Gasteiger partial charge in [0.05, 0.1) is 13.0 Å². The summed E-state index contributed by atoms with van der Waals surface area (Å²) in [5, 5.41) is 10.5. The highest BCUT2D eigenvalue weighted by molar-refractivity contribution is 5.83. The third kappa shape index (κ3) is 8.03. The Morgan fingerprint density at radius 1 is 1.22 bits per heavy atom. The van der Waals surface area contributed by atoms with E-state index < -0.39 is 36.3 Å². The van der Waals surface area contributed by atoms with Crippen LogP contribution in [0.2, 0.25) is 0 Å².